The summed E-state index contributed by atoms with van der Waals surface area (Å²) in [4.78, 5) is 21.3. The number of nitrogens with two attached hydrogens (primary N) is 1. The van der Waals surface area contributed by atoms with E-state index in [4.69, 9.17) is 15.1 Å². The molecule has 0 aliphatic carbocycles. The van der Waals surface area contributed by atoms with Gasteiger partial charge >= 0.3 is 0 Å². The van der Waals surface area contributed by atoms with Crippen molar-refractivity contribution >= 4 is 49.2 Å². The van der Waals surface area contributed by atoms with Crippen molar-refractivity contribution in [3.05, 3.63) is 89.5 Å². The number of aromatic nitrogens is 2. The molecule has 0 unspecified atom stereocenters. The fraction of sp³-hybridized carbons (Fsp3) is 0.176. The maximum atomic E-state index is 15.1. The number of benzene rings is 3. The molecule has 0 atom stereocenters. The first kappa shape index (κ1) is 30.8. The first-order chi connectivity index (χ1) is 21.8. The number of rotatable bonds is 7. The van der Waals surface area contributed by atoms with Crippen LogP contribution in [0.25, 0.3) is 55.8 Å². The Kier molecular flexibility index (Phi) is 7.55. The van der Waals surface area contributed by atoms with Crippen LogP contribution < -0.4 is 15.4 Å². The normalized spacial score (nSPS) is 11.9. The number of aromatic amines is 1. The lowest BCUT2D eigenvalue weighted by molar-refractivity contribution is 0.0964. The van der Waals surface area contributed by atoms with E-state index in [1.807, 2.05) is 19.9 Å². The number of furan rings is 1. The van der Waals surface area contributed by atoms with Crippen molar-refractivity contribution in [2.24, 2.45) is 0 Å². The summed E-state index contributed by atoms with van der Waals surface area (Å²) >= 11 is 0. The number of nitrogens with one attached hydrogen (secondary N) is 2. The van der Waals surface area contributed by atoms with Gasteiger partial charge in [-0.25, -0.2) is 22.2 Å². The third kappa shape index (κ3) is 5.34. The number of hydrogen-bond acceptors (Lipinski definition) is 6. The van der Waals surface area contributed by atoms with Crippen LogP contribution in [0.3, 0.4) is 0 Å². The number of halogens is 2. The lowest BCUT2D eigenvalue weighted by atomic mass is 10.0. The largest absolute Gasteiger partial charge is 0.455 e. The smallest absolute Gasteiger partial charge is 0.255 e. The molecule has 3 aromatic carbocycles. The summed E-state index contributed by atoms with van der Waals surface area (Å²) in [6.45, 7) is 3.96. The second-order valence-electron chi connectivity index (χ2n) is 11.4. The first-order valence-corrected chi connectivity index (χ1v) is 16.2. The quantitative estimate of drug-likeness (QED) is 0.171. The fourth-order valence-electron chi connectivity index (χ4n) is 5.44. The minimum absolute atomic E-state index is 0.114. The van der Waals surface area contributed by atoms with Crippen molar-refractivity contribution in [1.82, 2.24) is 15.3 Å². The van der Waals surface area contributed by atoms with Crippen molar-refractivity contribution in [3.63, 3.8) is 0 Å². The fourth-order valence-corrected chi connectivity index (χ4v) is 5.95. The van der Waals surface area contributed by atoms with Crippen LogP contribution in [-0.2, 0) is 10.0 Å². The molecule has 0 saturated carbocycles. The van der Waals surface area contributed by atoms with Crippen LogP contribution >= 0.6 is 0 Å². The Morgan fingerprint density at radius 1 is 1.02 bits per heavy atom. The Morgan fingerprint density at radius 2 is 1.74 bits per heavy atom. The number of carbonyl (C=O) groups is 1. The van der Waals surface area contributed by atoms with Crippen LogP contribution in [0.5, 0.6) is 0 Å². The predicted octanol–water partition coefficient (Wildman–Crippen LogP) is 7.05. The average Bonchev–Trinajstić information content (AvgIpc) is 3.62. The van der Waals surface area contributed by atoms with Gasteiger partial charge < -0.3 is 20.5 Å². The summed E-state index contributed by atoms with van der Waals surface area (Å²) in [5, 5.41) is 3.39. The van der Waals surface area contributed by atoms with Crippen LogP contribution in [-0.4, -0.2) is 44.6 Å². The number of H-pyrrole nitrogens is 1. The van der Waals surface area contributed by atoms with Gasteiger partial charge in [0.1, 0.15) is 28.7 Å². The van der Waals surface area contributed by atoms with E-state index < -0.39 is 21.7 Å². The highest BCUT2D eigenvalue weighted by atomic mass is 32.2. The van der Waals surface area contributed by atoms with Crippen LogP contribution in [0, 0.1) is 11.6 Å². The summed E-state index contributed by atoms with van der Waals surface area (Å²) in [5.41, 5.74) is 10.7. The van der Waals surface area contributed by atoms with Gasteiger partial charge in [-0.15, -0.1) is 0 Å². The predicted molar refractivity (Wildman–Crippen MR) is 177 cm³/mol. The van der Waals surface area contributed by atoms with Gasteiger partial charge in [0.05, 0.1) is 34.6 Å². The van der Waals surface area contributed by atoms with Crippen LogP contribution in [0.15, 0.2) is 71.1 Å². The molecule has 0 aliphatic heterocycles. The van der Waals surface area contributed by atoms with Gasteiger partial charge in [0, 0.05) is 47.6 Å². The van der Waals surface area contributed by atoms with E-state index in [9.17, 15) is 17.6 Å². The molecular weight excluding hydrogens is 612 g/mol. The summed E-state index contributed by atoms with van der Waals surface area (Å²) < 4.78 is 61.6. The second kappa shape index (κ2) is 11.3. The maximum Gasteiger partial charge on any atom is 0.255 e. The highest BCUT2D eigenvalue weighted by Crippen LogP contribution is 2.42. The molecule has 1 amide bonds. The number of anilines is 2. The molecule has 4 N–H and O–H groups in total. The minimum atomic E-state index is -3.77. The molecule has 9 nitrogen and oxygen atoms in total. The zero-order chi connectivity index (χ0) is 33.1. The summed E-state index contributed by atoms with van der Waals surface area (Å²) in [5.74, 6) is -0.988. The Hall–Kier alpha value is -5.23. The molecule has 6 rings (SSSR count). The molecule has 3 aromatic heterocycles. The lowest BCUT2D eigenvalue weighted by Gasteiger charge is -2.20. The van der Waals surface area contributed by atoms with Crippen molar-refractivity contribution in [1.29, 1.82) is 0 Å². The van der Waals surface area contributed by atoms with E-state index in [2.05, 4.69) is 10.3 Å². The van der Waals surface area contributed by atoms with Crippen molar-refractivity contribution in [2.45, 2.75) is 19.8 Å². The van der Waals surface area contributed by atoms with Crippen molar-refractivity contribution < 1.29 is 26.4 Å². The Balaban J connectivity index is 1.60. The number of nitrogens with zero attached hydrogens (tertiary/aromatic N) is 2. The molecule has 0 saturated heterocycles. The topological polar surface area (TPSA) is 134 Å². The minimum Gasteiger partial charge on any atom is -0.455 e. The van der Waals surface area contributed by atoms with Crippen LogP contribution in [0.1, 0.15) is 35.7 Å². The molecule has 12 heteroatoms. The van der Waals surface area contributed by atoms with E-state index in [1.54, 1.807) is 24.3 Å². The third-order valence-corrected chi connectivity index (χ3v) is 9.23. The standard InChI is InChI=1S/C34H31F2N5O4S/c1-17(2)19-12-24(36)21-15-28(39-27(21)13-19)32-25(37)10-11-26(40-32)22-14-23-30(16-29(22)41(4)46(5,43)44)45-33(31(23)34(42)38-3)18-6-8-20(35)9-7-18/h6-17,39H,37H2,1-5H3,(H,38,42). The van der Waals surface area contributed by atoms with E-state index in [-0.39, 0.29) is 34.3 Å². The number of pyridine rings is 1. The van der Waals surface area contributed by atoms with Gasteiger partial charge in [0.2, 0.25) is 10.0 Å². The molecule has 236 valence electrons. The second-order valence-corrected chi connectivity index (χ2v) is 13.4. The molecule has 46 heavy (non-hydrogen) atoms. The Morgan fingerprint density at radius 3 is 2.39 bits per heavy atom. The van der Waals surface area contributed by atoms with E-state index in [0.717, 1.165) is 16.1 Å². The van der Waals surface area contributed by atoms with Gasteiger partial charge in [-0.2, -0.15) is 0 Å². The zero-order valence-corrected chi connectivity index (χ0v) is 26.5. The molecule has 6 aromatic rings. The third-order valence-electron chi connectivity index (χ3n) is 8.04. The summed E-state index contributed by atoms with van der Waals surface area (Å²) in [6, 6.07) is 17.0. The van der Waals surface area contributed by atoms with E-state index in [0.29, 0.717) is 50.2 Å². The van der Waals surface area contributed by atoms with Gasteiger partial charge in [-0.05, 0) is 72.1 Å². The molecular formula is C34H31F2N5O4S. The number of nitrogen functional groups attached to an aromatic ring is 1. The molecule has 0 fully saturated rings. The lowest BCUT2D eigenvalue weighted by Crippen LogP contribution is -2.25. The van der Waals surface area contributed by atoms with E-state index >= 15 is 4.39 Å². The van der Waals surface area contributed by atoms with Gasteiger partial charge in [0.25, 0.3) is 5.91 Å². The number of carbonyl (C=O) groups excluding carboxylic acids is 1. The number of sulfonamides is 1. The average molecular weight is 644 g/mol. The highest BCUT2D eigenvalue weighted by Gasteiger charge is 2.27. The van der Waals surface area contributed by atoms with Crippen molar-refractivity contribution in [3.8, 4) is 34.0 Å². The van der Waals surface area contributed by atoms with Crippen LogP contribution in [0.4, 0.5) is 20.2 Å². The highest BCUT2D eigenvalue weighted by molar-refractivity contribution is 7.92. The molecule has 0 spiro atoms. The molecule has 0 bridgehead atoms. The molecule has 3 heterocycles. The maximum absolute atomic E-state index is 15.1. The first-order valence-electron chi connectivity index (χ1n) is 14.4. The van der Waals surface area contributed by atoms with E-state index in [1.165, 1.54) is 50.5 Å². The summed E-state index contributed by atoms with van der Waals surface area (Å²) in [7, 11) is -0.897. The number of hydrogen-bond donors (Lipinski definition) is 3. The van der Waals surface area contributed by atoms with Gasteiger partial charge in [-0.3, -0.25) is 9.10 Å². The SMILES string of the molecule is CNC(=O)c1c(-c2ccc(F)cc2)oc2cc(N(C)S(C)(=O)=O)c(-c3ccc(N)c(-c4cc5c(F)cc(C(C)C)cc5[nH]4)n3)cc12. The monoisotopic (exact) mass is 643 g/mol. The Labute approximate surface area is 264 Å². The number of fused-ring (bicyclic) bond motifs is 2. The van der Waals surface area contributed by atoms with Crippen molar-refractivity contribution in [2.75, 3.05) is 30.4 Å². The molecule has 0 radical (unpaired) electrons. The zero-order valence-electron chi connectivity index (χ0n) is 25.7. The van der Waals surface area contributed by atoms with Gasteiger partial charge in [0.15, 0.2) is 0 Å². The number of amides is 1. The molecule has 0 aliphatic rings. The summed E-state index contributed by atoms with van der Waals surface area (Å²) in [6.07, 6.45) is 1.06. The van der Waals surface area contributed by atoms with Crippen LogP contribution in [0.2, 0.25) is 0 Å². The Bertz CT molecular complexity index is 2280. The van der Waals surface area contributed by atoms with Gasteiger partial charge in [-0.1, -0.05) is 13.8 Å².